The van der Waals surface area contributed by atoms with Crippen LogP contribution in [0, 0.1) is 0 Å². The van der Waals surface area contributed by atoms with Gasteiger partial charge in [0.1, 0.15) is 10.7 Å². The molecule has 1 saturated heterocycles. The minimum absolute atomic E-state index is 0.201. The number of carbonyl (C=O) groups is 1. The predicted octanol–water partition coefficient (Wildman–Crippen LogP) is 3.11. The van der Waals surface area contributed by atoms with E-state index < -0.39 is 0 Å². The Morgan fingerprint density at radius 2 is 2.00 bits per heavy atom. The van der Waals surface area contributed by atoms with Gasteiger partial charge in [-0.3, -0.25) is 4.79 Å². The maximum absolute atomic E-state index is 12.0. The van der Waals surface area contributed by atoms with Crippen molar-refractivity contribution in [2.24, 2.45) is 0 Å². The number of likely N-dealkylation sites (tertiary alicyclic amines) is 1. The van der Waals surface area contributed by atoms with Gasteiger partial charge in [-0.15, -0.1) is 0 Å². The molecule has 1 aliphatic heterocycles. The number of amides is 1. The Balaban J connectivity index is 1.66. The predicted molar refractivity (Wildman–Crippen MR) is 88.5 cm³/mol. The quantitative estimate of drug-likeness (QED) is 0.880. The molecule has 6 heteroatoms. The lowest BCUT2D eigenvalue weighted by Gasteiger charge is -2.13. The molecule has 0 saturated carbocycles. The molecule has 0 spiro atoms. The van der Waals surface area contributed by atoms with Crippen molar-refractivity contribution >= 4 is 34.0 Å². The summed E-state index contributed by atoms with van der Waals surface area (Å²) in [6, 6.07) is 9.90. The van der Waals surface area contributed by atoms with Crippen LogP contribution in [0.5, 0.6) is 0 Å². The fourth-order valence-corrected chi connectivity index (χ4v) is 4.21. The van der Waals surface area contributed by atoms with E-state index in [1.165, 1.54) is 23.1 Å². The zero-order chi connectivity index (χ0) is 14.7. The number of hydrogen-bond donors (Lipinski definition) is 1. The van der Waals surface area contributed by atoms with Gasteiger partial charge in [-0.1, -0.05) is 53.4 Å². The standard InChI is InChI=1S/C15H17N3OS2/c16-14-13(11-6-2-1-3-7-11)17-15(21-14)20-10-12(19)18-8-4-5-9-18/h1-3,6-7H,4-5,8-10,16H2. The monoisotopic (exact) mass is 319 g/mol. The van der Waals surface area contributed by atoms with Crippen LogP contribution in [0.2, 0.25) is 0 Å². The average molecular weight is 319 g/mol. The number of nitrogens with two attached hydrogens (primary N) is 1. The van der Waals surface area contributed by atoms with Gasteiger partial charge in [-0.2, -0.15) is 0 Å². The molecule has 2 N–H and O–H groups in total. The van der Waals surface area contributed by atoms with E-state index in [4.69, 9.17) is 5.73 Å². The minimum atomic E-state index is 0.201. The average Bonchev–Trinajstić information content (AvgIpc) is 3.15. The molecule has 0 unspecified atom stereocenters. The topological polar surface area (TPSA) is 59.2 Å². The Kier molecular flexibility index (Phi) is 4.45. The fraction of sp³-hybridized carbons (Fsp3) is 0.333. The van der Waals surface area contributed by atoms with Crippen LogP contribution in [-0.4, -0.2) is 34.6 Å². The van der Waals surface area contributed by atoms with Crippen LogP contribution in [0.4, 0.5) is 5.00 Å². The summed E-state index contributed by atoms with van der Waals surface area (Å²) in [4.78, 5) is 18.5. The zero-order valence-electron chi connectivity index (χ0n) is 11.6. The number of aromatic nitrogens is 1. The molecule has 1 aromatic heterocycles. The van der Waals surface area contributed by atoms with Gasteiger partial charge in [-0.05, 0) is 12.8 Å². The van der Waals surface area contributed by atoms with E-state index >= 15 is 0 Å². The van der Waals surface area contributed by atoms with Crippen LogP contribution in [0.25, 0.3) is 11.3 Å². The molecule has 2 aromatic rings. The van der Waals surface area contributed by atoms with Gasteiger partial charge < -0.3 is 10.6 Å². The van der Waals surface area contributed by atoms with E-state index in [1.807, 2.05) is 35.2 Å². The number of carbonyl (C=O) groups excluding carboxylic acids is 1. The maximum atomic E-state index is 12.0. The van der Waals surface area contributed by atoms with Crippen molar-refractivity contribution in [2.75, 3.05) is 24.6 Å². The molecule has 1 amide bonds. The van der Waals surface area contributed by atoms with Crippen LogP contribution < -0.4 is 5.73 Å². The summed E-state index contributed by atoms with van der Waals surface area (Å²) in [6.45, 7) is 1.79. The van der Waals surface area contributed by atoms with Gasteiger partial charge in [0.2, 0.25) is 5.91 Å². The second kappa shape index (κ2) is 6.49. The van der Waals surface area contributed by atoms with E-state index in [1.54, 1.807) is 0 Å². The molecule has 0 aliphatic carbocycles. The largest absolute Gasteiger partial charge is 0.389 e. The molecule has 1 aliphatic rings. The number of rotatable bonds is 4. The number of nitrogen functional groups attached to an aromatic ring is 1. The van der Waals surface area contributed by atoms with Crippen LogP contribution in [-0.2, 0) is 4.79 Å². The van der Waals surface area contributed by atoms with Crippen molar-refractivity contribution in [3.63, 3.8) is 0 Å². The Bertz CT molecular complexity index is 621. The second-order valence-electron chi connectivity index (χ2n) is 4.94. The number of hydrogen-bond acceptors (Lipinski definition) is 5. The highest BCUT2D eigenvalue weighted by Crippen LogP contribution is 2.35. The molecule has 1 aromatic carbocycles. The summed E-state index contributed by atoms with van der Waals surface area (Å²) < 4.78 is 0.860. The van der Waals surface area contributed by atoms with E-state index in [2.05, 4.69) is 4.98 Å². The first-order chi connectivity index (χ1) is 10.2. The third-order valence-electron chi connectivity index (χ3n) is 3.46. The van der Waals surface area contributed by atoms with Gasteiger partial charge >= 0.3 is 0 Å². The van der Waals surface area contributed by atoms with Crippen molar-refractivity contribution in [2.45, 2.75) is 17.2 Å². The van der Waals surface area contributed by atoms with Gasteiger partial charge in [0.15, 0.2) is 4.34 Å². The first-order valence-corrected chi connectivity index (χ1v) is 8.76. The molecule has 0 bridgehead atoms. The van der Waals surface area contributed by atoms with Crippen LogP contribution in [0.15, 0.2) is 34.7 Å². The Hall–Kier alpha value is -1.53. The summed E-state index contributed by atoms with van der Waals surface area (Å²) in [5.41, 5.74) is 7.88. The number of anilines is 1. The summed E-state index contributed by atoms with van der Waals surface area (Å²) in [7, 11) is 0. The van der Waals surface area contributed by atoms with Gasteiger partial charge in [0.25, 0.3) is 0 Å². The van der Waals surface area contributed by atoms with Crippen molar-refractivity contribution in [3.8, 4) is 11.3 Å². The van der Waals surface area contributed by atoms with Crippen LogP contribution in [0.1, 0.15) is 12.8 Å². The molecule has 1 fully saturated rings. The normalized spacial score (nSPS) is 14.6. The highest BCUT2D eigenvalue weighted by molar-refractivity contribution is 8.01. The van der Waals surface area contributed by atoms with E-state index in [0.717, 1.165) is 41.5 Å². The lowest BCUT2D eigenvalue weighted by atomic mass is 10.2. The maximum Gasteiger partial charge on any atom is 0.233 e. The molecule has 2 heterocycles. The van der Waals surface area contributed by atoms with Crippen molar-refractivity contribution in [1.82, 2.24) is 9.88 Å². The summed E-state index contributed by atoms with van der Waals surface area (Å²) in [5, 5.41) is 0.706. The molecule has 0 radical (unpaired) electrons. The number of benzene rings is 1. The number of thioether (sulfide) groups is 1. The first-order valence-electron chi connectivity index (χ1n) is 6.96. The second-order valence-corrected chi connectivity index (χ2v) is 7.19. The Labute approximate surface area is 132 Å². The third-order valence-corrected chi connectivity index (χ3v) is 5.47. The van der Waals surface area contributed by atoms with E-state index in [-0.39, 0.29) is 5.91 Å². The molecular formula is C15H17N3OS2. The highest BCUT2D eigenvalue weighted by atomic mass is 32.2. The summed E-state index contributed by atoms with van der Waals surface area (Å²) in [5.74, 6) is 0.647. The highest BCUT2D eigenvalue weighted by Gasteiger charge is 2.19. The zero-order valence-corrected chi connectivity index (χ0v) is 13.3. The molecule has 0 atom stereocenters. The van der Waals surface area contributed by atoms with Crippen LogP contribution in [0.3, 0.4) is 0 Å². The van der Waals surface area contributed by atoms with Crippen LogP contribution >= 0.6 is 23.1 Å². The molecule has 4 nitrogen and oxygen atoms in total. The lowest BCUT2D eigenvalue weighted by Crippen LogP contribution is -2.29. The number of thiazole rings is 1. The van der Waals surface area contributed by atoms with Crippen molar-refractivity contribution < 1.29 is 4.79 Å². The lowest BCUT2D eigenvalue weighted by molar-refractivity contribution is -0.127. The summed E-state index contributed by atoms with van der Waals surface area (Å²) >= 11 is 2.93. The first kappa shape index (κ1) is 14.4. The Morgan fingerprint density at radius 3 is 2.71 bits per heavy atom. The molecule has 110 valence electrons. The van der Waals surface area contributed by atoms with Gasteiger partial charge in [0.05, 0.1) is 5.75 Å². The van der Waals surface area contributed by atoms with E-state index in [9.17, 15) is 4.79 Å². The van der Waals surface area contributed by atoms with Crippen molar-refractivity contribution in [3.05, 3.63) is 30.3 Å². The van der Waals surface area contributed by atoms with E-state index in [0.29, 0.717) is 10.8 Å². The third kappa shape index (κ3) is 3.39. The van der Waals surface area contributed by atoms with Gasteiger partial charge in [-0.25, -0.2) is 4.98 Å². The smallest absolute Gasteiger partial charge is 0.233 e. The molecular weight excluding hydrogens is 302 g/mol. The molecule has 21 heavy (non-hydrogen) atoms. The van der Waals surface area contributed by atoms with Crippen molar-refractivity contribution in [1.29, 1.82) is 0 Å². The SMILES string of the molecule is Nc1sc(SCC(=O)N2CCCC2)nc1-c1ccccc1. The molecule has 3 rings (SSSR count). The Morgan fingerprint density at radius 1 is 1.29 bits per heavy atom. The fourth-order valence-electron chi connectivity index (χ4n) is 2.36. The minimum Gasteiger partial charge on any atom is -0.389 e. The summed E-state index contributed by atoms with van der Waals surface area (Å²) in [6.07, 6.45) is 2.25. The number of nitrogens with zero attached hydrogens (tertiary/aromatic N) is 2. The van der Waals surface area contributed by atoms with Gasteiger partial charge in [0, 0.05) is 18.7 Å².